The zero-order valence-corrected chi connectivity index (χ0v) is 13.6. The summed E-state index contributed by atoms with van der Waals surface area (Å²) in [6, 6.07) is 7.44. The topological polar surface area (TPSA) is 65.8 Å². The molecule has 0 aliphatic carbocycles. The average Bonchev–Trinajstić information content (AvgIpc) is 2.61. The normalized spacial score (nSPS) is 12.7. The fourth-order valence-electron chi connectivity index (χ4n) is 1.84. The standard InChI is InChI=1S/C17H21N3O3/c1-4-19-17(14-6-5-9-18-10-14)23-13(2)22-12-15-7-8-16(21-3)11-20-15/h5-11,13H,4,12H2,1-3H3/b19-17-. The molecule has 0 aliphatic rings. The number of hydrogen-bond donors (Lipinski definition) is 0. The molecule has 0 saturated carbocycles. The molecule has 1 atom stereocenters. The van der Waals surface area contributed by atoms with E-state index in [1.54, 1.807) is 25.7 Å². The minimum atomic E-state index is -0.454. The summed E-state index contributed by atoms with van der Waals surface area (Å²) in [5, 5.41) is 0. The Kier molecular flexibility index (Phi) is 6.50. The van der Waals surface area contributed by atoms with Gasteiger partial charge in [-0.05, 0) is 38.1 Å². The van der Waals surface area contributed by atoms with E-state index in [0.29, 0.717) is 24.8 Å². The van der Waals surface area contributed by atoms with Crippen LogP contribution >= 0.6 is 0 Å². The molecular weight excluding hydrogens is 294 g/mol. The van der Waals surface area contributed by atoms with Crippen LogP contribution in [0.3, 0.4) is 0 Å². The molecule has 0 radical (unpaired) electrons. The fraction of sp³-hybridized carbons (Fsp3) is 0.353. The summed E-state index contributed by atoms with van der Waals surface area (Å²) in [4.78, 5) is 12.7. The molecule has 6 heteroatoms. The molecule has 23 heavy (non-hydrogen) atoms. The van der Waals surface area contributed by atoms with Crippen LogP contribution in [0.4, 0.5) is 0 Å². The van der Waals surface area contributed by atoms with E-state index < -0.39 is 6.29 Å². The van der Waals surface area contributed by atoms with E-state index >= 15 is 0 Å². The molecule has 0 N–H and O–H groups in total. The van der Waals surface area contributed by atoms with Gasteiger partial charge >= 0.3 is 0 Å². The van der Waals surface area contributed by atoms with Crippen LogP contribution in [0.5, 0.6) is 5.75 Å². The molecular formula is C17H21N3O3. The molecule has 0 bridgehead atoms. The quantitative estimate of drug-likeness (QED) is 0.446. The summed E-state index contributed by atoms with van der Waals surface area (Å²) in [5.41, 5.74) is 1.63. The van der Waals surface area contributed by atoms with Gasteiger partial charge in [0.2, 0.25) is 5.90 Å². The lowest BCUT2D eigenvalue weighted by molar-refractivity contribution is -0.0846. The van der Waals surface area contributed by atoms with Crippen molar-refractivity contribution in [2.24, 2.45) is 4.99 Å². The van der Waals surface area contributed by atoms with Crippen LogP contribution in [0.2, 0.25) is 0 Å². The van der Waals surface area contributed by atoms with Crippen molar-refractivity contribution in [3.63, 3.8) is 0 Å². The lowest BCUT2D eigenvalue weighted by Gasteiger charge is -2.16. The number of ether oxygens (including phenoxy) is 3. The first-order valence-electron chi connectivity index (χ1n) is 7.45. The van der Waals surface area contributed by atoms with Crippen LogP contribution < -0.4 is 4.74 Å². The minimum Gasteiger partial charge on any atom is -0.495 e. The molecule has 0 aromatic carbocycles. The van der Waals surface area contributed by atoms with Crippen molar-refractivity contribution in [1.82, 2.24) is 9.97 Å². The van der Waals surface area contributed by atoms with Crippen molar-refractivity contribution < 1.29 is 14.2 Å². The third kappa shape index (κ3) is 5.34. The number of aromatic nitrogens is 2. The van der Waals surface area contributed by atoms with Crippen molar-refractivity contribution in [1.29, 1.82) is 0 Å². The summed E-state index contributed by atoms with van der Waals surface area (Å²) in [6.07, 6.45) is 4.63. The molecule has 0 saturated heterocycles. The first-order chi connectivity index (χ1) is 11.2. The maximum absolute atomic E-state index is 5.78. The Bertz CT molecular complexity index is 615. The van der Waals surface area contributed by atoms with Crippen LogP contribution in [0, 0.1) is 0 Å². The van der Waals surface area contributed by atoms with Gasteiger partial charge in [0, 0.05) is 18.9 Å². The summed E-state index contributed by atoms with van der Waals surface area (Å²) in [7, 11) is 1.61. The Morgan fingerprint density at radius 3 is 2.74 bits per heavy atom. The molecule has 0 spiro atoms. The van der Waals surface area contributed by atoms with Crippen LogP contribution in [-0.4, -0.2) is 35.8 Å². The maximum Gasteiger partial charge on any atom is 0.220 e. The highest BCUT2D eigenvalue weighted by atomic mass is 16.7. The third-order valence-corrected chi connectivity index (χ3v) is 2.99. The zero-order chi connectivity index (χ0) is 16.5. The second kappa shape index (κ2) is 8.85. The molecule has 0 aliphatic heterocycles. The predicted molar refractivity (Wildman–Crippen MR) is 87.4 cm³/mol. The molecule has 1 unspecified atom stereocenters. The molecule has 0 fully saturated rings. The lowest BCUT2D eigenvalue weighted by atomic mass is 10.3. The summed E-state index contributed by atoms with van der Waals surface area (Å²) >= 11 is 0. The second-order valence-electron chi connectivity index (χ2n) is 4.71. The SMILES string of the molecule is CC/N=C(\OC(C)OCc1ccc(OC)cn1)c1cccnc1. The monoisotopic (exact) mass is 315 g/mol. The largest absolute Gasteiger partial charge is 0.495 e. The molecule has 2 rings (SSSR count). The Hall–Kier alpha value is -2.47. The highest BCUT2D eigenvalue weighted by Gasteiger charge is 2.11. The van der Waals surface area contributed by atoms with E-state index in [2.05, 4.69) is 15.0 Å². The number of methoxy groups -OCH3 is 1. The van der Waals surface area contributed by atoms with Crippen LogP contribution in [0.1, 0.15) is 25.1 Å². The Balaban J connectivity index is 1.91. The highest BCUT2D eigenvalue weighted by molar-refractivity contribution is 5.93. The molecule has 122 valence electrons. The van der Waals surface area contributed by atoms with Gasteiger partial charge in [0.05, 0.1) is 31.2 Å². The van der Waals surface area contributed by atoms with Gasteiger partial charge in [-0.1, -0.05) is 0 Å². The Morgan fingerprint density at radius 2 is 2.13 bits per heavy atom. The van der Waals surface area contributed by atoms with E-state index in [0.717, 1.165) is 11.3 Å². The molecule has 0 amide bonds. The van der Waals surface area contributed by atoms with Gasteiger partial charge in [0.15, 0.2) is 6.29 Å². The zero-order valence-electron chi connectivity index (χ0n) is 13.6. The van der Waals surface area contributed by atoms with E-state index in [-0.39, 0.29) is 0 Å². The summed E-state index contributed by atoms with van der Waals surface area (Å²) in [5.74, 6) is 1.24. The fourth-order valence-corrected chi connectivity index (χ4v) is 1.84. The van der Waals surface area contributed by atoms with Gasteiger partial charge in [-0.25, -0.2) is 0 Å². The Morgan fingerprint density at radius 1 is 1.26 bits per heavy atom. The molecule has 2 aromatic rings. The first-order valence-corrected chi connectivity index (χ1v) is 7.45. The van der Waals surface area contributed by atoms with Gasteiger partial charge in [-0.2, -0.15) is 0 Å². The number of hydrogen-bond acceptors (Lipinski definition) is 6. The van der Waals surface area contributed by atoms with Gasteiger partial charge in [0.25, 0.3) is 0 Å². The molecule has 6 nitrogen and oxygen atoms in total. The van der Waals surface area contributed by atoms with Crippen LogP contribution in [0.25, 0.3) is 0 Å². The van der Waals surface area contributed by atoms with Crippen LogP contribution in [0.15, 0.2) is 47.8 Å². The maximum atomic E-state index is 5.78. The summed E-state index contributed by atoms with van der Waals surface area (Å²) in [6.45, 7) is 4.74. The van der Waals surface area contributed by atoms with Crippen LogP contribution in [-0.2, 0) is 16.1 Å². The number of aliphatic imine (C=N–C) groups is 1. The smallest absolute Gasteiger partial charge is 0.220 e. The number of nitrogens with zero attached hydrogens (tertiary/aromatic N) is 3. The van der Waals surface area contributed by atoms with Gasteiger partial charge in [-0.3, -0.25) is 15.0 Å². The van der Waals surface area contributed by atoms with E-state index in [4.69, 9.17) is 14.2 Å². The van der Waals surface area contributed by atoms with Crippen molar-refractivity contribution in [3.05, 3.63) is 54.1 Å². The van der Waals surface area contributed by atoms with E-state index in [1.165, 1.54) is 0 Å². The van der Waals surface area contributed by atoms with Crippen molar-refractivity contribution in [3.8, 4) is 5.75 Å². The van der Waals surface area contributed by atoms with Crippen molar-refractivity contribution >= 4 is 5.90 Å². The molecule has 2 aromatic heterocycles. The predicted octanol–water partition coefficient (Wildman–Crippen LogP) is 2.83. The van der Waals surface area contributed by atoms with Gasteiger partial charge < -0.3 is 14.2 Å². The second-order valence-corrected chi connectivity index (χ2v) is 4.71. The number of rotatable bonds is 7. The lowest BCUT2D eigenvalue weighted by Crippen LogP contribution is -2.19. The van der Waals surface area contributed by atoms with Gasteiger partial charge in [-0.15, -0.1) is 0 Å². The minimum absolute atomic E-state index is 0.345. The van der Waals surface area contributed by atoms with E-state index in [1.807, 2.05) is 38.1 Å². The summed E-state index contributed by atoms with van der Waals surface area (Å²) < 4.78 is 16.5. The number of pyridine rings is 2. The highest BCUT2D eigenvalue weighted by Crippen LogP contribution is 2.11. The first kappa shape index (κ1) is 16.9. The van der Waals surface area contributed by atoms with Crippen molar-refractivity contribution in [2.75, 3.05) is 13.7 Å². The average molecular weight is 315 g/mol. The Labute approximate surface area is 136 Å². The van der Waals surface area contributed by atoms with Crippen molar-refractivity contribution in [2.45, 2.75) is 26.7 Å². The third-order valence-electron chi connectivity index (χ3n) is 2.99. The van der Waals surface area contributed by atoms with Gasteiger partial charge in [0.1, 0.15) is 5.75 Å². The molecule has 2 heterocycles. The van der Waals surface area contributed by atoms with E-state index in [9.17, 15) is 0 Å².